The van der Waals surface area contributed by atoms with E-state index in [0.29, 0.717) is 10.8 Å². The zero-order valence-electron chi connectivity index (χ0n) is 20.9. The number of allylic oxidation sites excluding steroid dienone is 2. The van der Waals surface area contributed by atoms with Crippen LogP contribution in [0, 0.1) is 58.2 Å². The van der Waals surface area contributed by atoms with Crippen LogP contribution >= 0.6 is 0 Å². The van der Waals surface area contributed by atoms with Gasteiger partial charge in [0.25, 0.3) is 0 Å². The fourth-order valence-corrected chi connectivity index (χ4v) is 9.42. The van der Waals surface area contributed by atoms with Crippen LogP contribution in [0.2, 0.25) is 0 Å². The molecular weight excluding hydrogens is 364 g/mol. The Morgan fingerprint density at radius 1 is 0.867 bits per heavy atom. The van der Waals surface area contributed by atoms with Crippen molar-refractivity contribution in [1.82, 2.24) is 0 Å². The van der Waals surface area contributed by atoms with E-state index in [1.807, 2.05) is 0 Å². The van der Waals surface area contributed by atoms with Crippen LogP contribution in [0.1, 0.15) is 106 Å². The Bertz CT molecular complexity index is 622. The third-order valence-electron chi connectivity index (χ3n) is 11.3. The number of aliphatic hydroxyl groups excluding tert-OH is 1. The molecule has 0 heterocycles. The van der Waals surface area contributed by atoms with Gasteiger partial charge in [0.05, 0.1) is 6.10 Å². The quantitative estimate of drug-likeness (QED) is 0.454. The molecule has 30 heavy (non-hydrogen) atoms. The van der Waals surface area contributed by atoms with E-state index in [2.05, 4.69) is 53.7 Å². The summed E-state index contributed by atoms with van der Waals surface area (Å²) < 4.78 is 0. The van der Waals surface area contributed by atoms with E-state index < -0.39 is 0 Å². The van der Waals surface area contributed by atoms with E-state index in [0.717, 1.165) is 60.2 Å². The van der Waals surface area contributed by atoms with Crippen molar-refractivity contribution in [2.24, 2.45) is 58.2 Å². The van der Waals surface area contributed by atoms with Crippen molar-refractivity contribution in [2.45, 2.75) is 112 Å². The summed E-state index contributed by atoms with van der Waals surface area (Å²) in [6.07, 6.45) is 18.5. The largest absolute Gasteiger partial charge is 0.393 e. The number of aliphatic hydroxyl groups is 1. The lowest BCUT2D eigenvalue weighted by molar-refractivity contribution is -0.128. The molecule has 0 bridgehead atoms. The zero-order valence-corrected chi connectivity index (χ0v) is 20.9. The van der Waals surface area contributed by atoms with Crippen LogP contribution in [0.4, 0.5) is 0 Å². The molecule has 0 spiro atoms. The fraction of sp³-hybridized carbons (Fsp3) is 0.931. The highest BCUT2D eigenvalue weighted by Gasteiger charge is 2.60. The predicted molar refractivity (Wildman–Crippen MR) is 128 cm³/mol. The van der Waals surface area contributed by atoms with Crippen LogP contribution in [-0.2, 0) is 0 Å². The van der Waals surface area contributed by atoms with Gasteiger partial charge in [-0.3, -0.25) is 0 Å². The molecule has 4 aliphatic carbocycles. The lowest BCUT2D eigenvalue weighted by atomic mass is 9.44. The topological polar surface area (TPSA) is 20.2 Å². The van der Waals surface area contributed by atoms with Crippen LogP contribution in [0.5, 0.6) is 0 Å². The first-order valence-corrected chi connectivity index (χ1v) is 13.6. The van der Waals surface area contributed by atoms with E-state index in [4.69, 9.17) is 0 Å². The lowest BCUT2D eigenvalue weighted by Gasteiger charge is -2.61. The van der Waals surface area contributed by atoms with Crippen LogP contribution in [0.3, 0.4) is 0 Å². The molecule has 1 N–H and O–H groups in total. The molecule has 4 saturated carbocycles. The lowest BCUT2D eigenvalue weighted by Crippen LogP contribution is -2.54. The molecule has 4 aliphatic rings. The first-order chi connectivity index (χ1) is 14.2. The van der Waals surface area contributed by atoms with Crippen LogP contribution in [0.25, 0.3) is 0 Å². The maximum absolute atomic E-state index is 10.3. The molecule has 1 heteroatoms. The van der Waals surface area contributed by atoms with E-state index in [-0.39, 0.29) is 6.10 Å². The maximum atomic E-state index is 10.3. The Morgan fingerprint density at radius 3 is 2.27 bits per heavy atom. The van der Waals surface area contributed by atoms with Crippen LogP contribution in [0.15, 0.2) is 12.2 Å². The highest BCUT2D eigenvalue weighted by Crippen LogP contribution is 2.68. The summed E-state index contributed by atoms with van der Waals surface area (Å²) in [6, 6.07) is 0. The summed E-state index contributed by atoms with van der Waals surface area (Å²) in [5.74, 6) is 6.72. The van der Waals surface area contributed by atoms with Gasteiger partial charge >= 0.3 is 0 Å². The smallest absolute Gasteiger partial charge is 0.0543 e. The van der Waals surface area contributed by atoms with E-state index >= 15 is 0 Å². The Morgan fingerprint density at radius 2 is 1.57 bits per heavy atom. The second-order valence-corrected chi connectivity index (χ2v) is 12.9. The van der Waals surface area contributed by atoms with Gasteiger partial charge in [-0.25, -0.2) is 0 Å². The summed E-state index contributed by atoms with van der Waals surface area (Å²) in [7, 11) is 0. The van der Waals surface area contributed by atoms with Gasteiger partial charge in [-0.15, -0.1) is 0 Å². The highest BCUT2D eigenvalue weighted by atomic mass is 16.3. The van der Waals surface area contributed by atoms with Crippen LogP contribution < -0.4 is 0 Å². The van der Waals surface area contributed by atoms with E-state index in [1.165, 1.54) is 51.4 Å². The first-order valence-electron chi connectivity index (χ1n) is 13.6. The minimum Gasteiger partial charge on any atom is -0.393 e. The van der Waals surface area contributed by atoms with Gasteiger partial charge in [-0.1, -0.05) is 53.7 Å². The molecule has 10 unspecified atom stereocenters. The molecule has 0 aliphatic heterocycles. The second-order valence-electron chi connectivity index (χ2n) is 12.9. The molecule has 172 valence electrons. The van der Waals surface area contributed by atoms with E-state index in [9.17, 15) is 5.11 Å². The Balaban J connectivity index is 1.49. The number of fused-ring (bicyclic) bond motifs is 5. The standard InChI is InChI=1S/C29H50O/c1-7-21(19(2)3)9-8-20(4)25-12-13-26-24-11-10-22-18-23(30)14-16-28(22,5)27(24)15-17-29(25,26)6/h8-9,19-27,30H,7,10-18H2,1-6H3. The SMILES string of the molecule is CCC(C=CC(C)C1CCC2C3CCC4CC(O)CCC4(C)C3CCC12C)C(C)C. The molecule has 4 fully saturated rings. The minimum absolute atomic E-state index is 0.0187. The molecule has 10 atom stereocenters. The number of hydrogen-bond donors (Lipinski definition) is 1. The van der Waals surface area contributed by atoms with Gasteiger partial charge in [-0.05, 0) is 122 Å². The van der Waals surface area contributed by atoms with Crippen LogP contribution in [-0.4, -0.2) is 11.2 Å². The van der Waals surface area contributed by atoms with Crippen molar-refractivity contribution in [3.05, 3.63) is 12.2 Å². The minimum atomic E-state index is -0.0187. The fourth-order valence-electron chi connectivity index (χ4n) is 9.42. The molecule has 0 saturated heterocycles. The van der Waals surface area contributed by atoms with Gasteiger partial charge in [0.15, 0.2) is 0 Å². The second kappa shape index (κ2) is 8.57. The van der Waals surface area contributed by atoms with Crippen molar-refractivity contribution in [2.75, 3.05) is 0 Å². The summed E-state index contributed by atoms with van der Waals surface area (Å²) in [6.45, 7) is 14.9. The first kappa shape index (κ1) is 22.9. The molecule has 0 aromatic rings. The van der Waals surface area contributed by atoms with Gasteiger partial charge in [-0.2, -0.15) is 0 Å². The number of rotatable bonds is 5. The molecule has 0 aromatic heterocycles. The average Bonchev–Trinajstić information content (AvgIpc) is 3.06. The summed E-state index contributed by atoms with van der Waals surface area (Å²) in [4.78, 5) is 0. The summed E-state index contributed by atoms with van der Waals surface area (Å²) >= 11 is 0. The highest BCUT2D eigenvalue weighted by molar-refractivity contribution is 5.11. The normalized spacial score (nSPS) is 48.3. The molecule has 1 nitrogen and oxygen atoms in total. The average molecular weight is 415 g/mol. The monoisotopic (exact) mass is 414 g/mol. The molecular formula is C29H50O. The van der Waals surface area contributed by atoms with Crippen molar-refractivity contribution in [3.63, 3.8) is 0 Å². The molecule has 0 amide bonds. The summed E-state index contributed by atoms with van der Waals surface area (Å²) in [5, 5.41) is 10.3. The maximum Gasteiger partial charge on any atom is 0.0543 e. The van der Waals surface area contributed by atoms with Crippen molar-refractivity contribution in [3.8, 4) is 0 Å². The predicted octanol–water partition coefficient (Wildman–Crippen LogP) is 7.88. The Hall–Kier alpha value is -0.300. The van der Waals surface area contributed by atoms with Crippen molar-refractivity contribution in [1.29, 1.82) is 0 Å². The zero-order chi connectivity index (χ0) is 21.7. The third-order valence-corrected chi connectivity index (χ3v) is 11.3. The number of hydrogen-bond acceptors (Lipinski definition) is 1. The summed E-state index contributed by atoms with van der Waals surface area (Å²) in [5.41, 5.74) is 1.07. The van der Waals surface area contributed by atoms with Gasteiger partial charge in [0.2, 0.25) is 0 Å². The molecule has 4 rings (SSSR count). The molecule has 0 radical (unpaired) electrons. The van der Waals surface area contributed by atoms with Crippen molar-refractivity contribution < 1.29 is 5.11 Å². The Labute approximate surface area is 187 Å². The molecule has 0 aromatic carbocycles. The van der Waals surface area contributed by atoms with Gasteiger partial charge < -0.3 is 5.11 Å². The Kier molecular flexibility index (Phi) is 6.53. The van der Waals surface area contributed by atoms with Gasteiger partial charge in [0, 0.05) is 0 Å². The third kappa shape index (κ3) is 3.74. The van der Waals surface area contributed by atoms with Crippen molar-refractivity contribution >= 4 is 0 Å². The van der Waals surface area contributed by atoms with E-state index in [1.54, 1.807) is 0 Å². The van der Waals surface area contributed by atoms with Gasteiger partial charge in [0.1, 0.15) is 0 Å².